The number of nitrogens with one attached hydrogen (secondary N) is 3. The summed E-state index contributed by atoms with van der Waals surface area (Å²) in [5.41, 5.74) is 1.53. The van der Waals surface area contributed by atoms with Gasteiger partial charge in [0.05, 0.1) is 0 Å². The molecule has 0 saturated heterocycles. The Morgan fingerprint density at radius 3 is 2.14 bits per heavy atom. The highest BCUT2D eigenvalue weighted by molar-refractivity contribution is 6.01. The molecule has 0 aromatic heterocycles. The quantitative estimate of drug-likeness (QED) is 0.405. The van der Waals surface area contributed by atoms with Crippen molar-refractivity contribution in [3.63, 3.8) is 0 Å². The zero-order chi connectivity index (χ0) is 16.0. The van der Waals surface area contributed by atoms with Crippen LogP contribution in [0.2, 0.25) is 0 Å². The van der Waals surface area contributed by atoms with Crippen molar-refractivity contribution in [2.24, 2.45) is 5.92 Å². The van der Waals surface area contributed by atoms with E-state index in [0.717, 1.165) is 0 Å². The van der Waals surface area contributed by atoms with Crippen molar-refractivity contribution < 1.29 is 24.7 Å². The van der Waals surface area contributed by atoms with Crippen LogP contribution in [0.15, 0.2) is 24.3 Å². The molecule has 0 aliphatic heterocycles. The van der Waals surface area contributed by atoms with Crippen LogP contribution in [0.1, 0.15) is 24.2 Å². The van der Waals surface area contributed by atoms with Crippen LogP contribution in [0.5, 0.6) is 5.75 Å². The maximum absolute atomic E-state index is 12.0. The Labute approximate surface area is 121 Å². The molecule has 4 amide bonds. The van der Waals surface area contributed by atoms with E-state index in [2.05, 4.69) is 5.32 Å². The number of benzene rings is 1. The summed E-state index contributed by atoms with van der Waals surface area (Å²) < 4.78 is 0. The van der Waals surface area contributed by atoms with Crippen molar-refractivity contribution in [2.45, 2.75) is 19.9 Å². The summed E-state index contributed by atoms with van der Waals surface area (Å²) in [7, 11) is 0. The zero-order valence-corrected chi connectivity index (χ0v) is 11.6. The Kier molecular flexibility index (Phi) is 5.67. The van der Waals surface area contributed by atoms with Gasteiger partial charge < -0.3 is 10.4 Å². The number of phenols is 1. The lowest BCUT2D eigenvalue weighted by molar-refractivity contribution is -0.123. The molecular formula is C13H17N3O5. The number of phenolic OH excluding ortho intramolecular Hbond substituents is 1. The Morgan fingerprint density at radius 1 is 1.10 bits per heavy atom. The zero-order valence-electron chi connectivity index (χ0n) is 11.6. The van der Waals surface area contributed by atoms with Gasteiger partial charge in [-0.2, -0.15) is 0 Å². The third-order valence-electron chi connectivity index (χ3n) is 2.70. The smallest absolute Gasteiger partial charge is 0.345 e. The summed E-state index contributed by atoms with van der Waals surface area (Å²) in [6.45, 7) is 3.39. The first-order valence-electron chi connectivity index (χ1n) is 6.20. The van der Waals surface area contributed by atoms with Gasteiger partial charge in [0, 0.05) is 5.56 Å². The van der Waals surface area contributed by atoms with Gasteiger partial charge in [-0.1, -0.05) is 13.8 Å². The molecule has 0 radical (unpaired) electrons. The van der Waals surface area contributed by atoms with Gasteiger partial charge in [0.1, 0.15) is 11.8 Å². The van der Waals surface area contributed by atoms with Gasteiger partial charge >= 0.3 is 6.03 Å². The van der Waals surface area contributed by atoms with Gasteiger partial charge in [0.2, 0.25) is 0 Å². The van der Waals surface area contributed by atoms with Crippen LogP contribution in [0.3, 0.4) is 0 Å². The van der Waals surface area contributed by atoms with Crippen molar-refractivity contribution >= 4 is 17.8 Å². The normalized spacial score (nSPS) is 11.6. The minimum Gasteiger partial charge on any atom is -0.508 e. The first-order chi connectivity index (χ1) is 9.85. The molecule has 0 bridgehead atoms. The van der Waals surface area contributed by atoms with Crippen LogP contribution in [-0.4, -0.2) is 34.2 Å². The predicted molar refractivity (Wildman–Crippen MR) is 72.7 cm³/mol. The van der Waals surface area contributed by atoms with Crippen LogP contribution >= 0.6 is 0 Å². The Hall–Kier alpha value is -2.61. The van der Waals surface area contributed by atoms with E-state index in [1.54, 1.807) is 13.8 Å². The summed E-state index contributed by atoms with van der Waals surface area (Å²) in [5.74, 6) is -1.53. The predicted octanol–water partition coefficient (Wildman–Crippen LogP) is 0.362. The lowest BCUT2D eigenvalue weighted by Gasteiger charge is -2.21. The molecule has 21 heavy (non-hydrogen) atoms. The largest absolute Gasteiger partial charge is 0.508 e. The average molecular weight is 295 g/mol. The van der Waals surface area contributed by atoms with Crippen LogP contribution in [0.4, 0.5) is 4.79 Å². The lowest BCUT2D eigenvalue weighted by atomic mass is 10.0. The molecule has 0 aliphatic rings. The molecule has 1 rings (SSSR count). The highest BCUT2D eigenvalue weighted by atomic mass is 16.5. The molecule has 8 heteroatoms. The van der Waals surface area contributed by atoms with Gasteiger partial charge in [-0.25, -0.2) is 10.3 Å². The molecule has 1 aromatic rings. The molecule has 0 fully saturated rings. The van der Waals surface area contributed by atoms with E-state index in [1.165, 1.54) is 29.7 Å². The minimum absolute atomic E-state index is 0.0179. The van der Waals surface area contributed by atoms with E-state index in [1.807, 2.05) is 5.32 Å². The Balaban J connectivity index is 2.78. The standard InChI is InChI=1S/C13H17N3O5/c1-7(2)10(12(19)15-13(20)16-21)14-11(18)8-3-5-9(17)6-4-8/h3-7,10,17,21H,1-2H3,(H,14,18)(H2,15,16,19,20). The monoisotopic (exact) mass is 295 g/mol. The van der Waals surface area contributed by atoms with Crippen molar-refractivity contribution in [1.29, 1.82) is 0 Å². The second-order valence-corrected chi connectivity index (χ2v) is 4.67. The first kappa shape index (κ1) is 16.4. The fourth-order valence-corrected chi connectivity index (χ4v) is 1.59. The topological polar surface area (TPSA) is 128 Å². The number of hydrogen-bond acceptors (Lipinski definition) is 5. The van der Waals surface area contributed by atoms with E-state index in [-0.39, 0.29) is 17.2 Å². The van der Waals surface area contributed by atoms with Gasteiger partial charge in [-0.3, -0.25) is 20.1 Å². The maximum atomic E-state index is 12.0. The maximum Gasteiger partial charge on any atom is 0.345 e. The van der Waals surface area contributed by atoms with E-state index in [0.29, 0.717) is 0 Å². The third-order valence-corrected chi connectivity index (χ3v) is 2.70. The number of carbonyl (C=O) groups excluding carboxylic acids is 3. The fourth-order valence-electron chi connectivity index (χ4n) is 1.59. The Bertz CT molecular complexity index is 527. The number of rotatable bonds is 4. The Morgan fingerprint density at radius 2 is 1.67 bits per heavy atom. The van der Waals surface area contributed by atoms with Crippen molar-refractivity contribution in [3.8, 4) is 5.75 Å². The molecule has 1 unspecified atom stereocenters. The molecule has 8 nitrogen and oxygen atoms in total. The minimum atomic E-state index is -1.08. The molecule has 0 spiro atoms. The third kappa shape index (κ3) is 4.77. The van der Waals surface area contributed by atoms with E-state index in [9.17, 15) is 14.4 Å². The van der Waals surface area contributed by atoms with Gasteiger partial charge in [0.15, 0.2) is 0 Å². The molecule has 0 heterocycles. The van der Waals surface area contributed by atoms with E-state index < -0.39 is 23.9 Å². The van der Waals surface area contributed by atoms with Gasteiger partial charge in [0.25, 0.3) is 11.8 Å². The van der Waals surface area contributed by atoms with E-state index >= 15 is 0 Å². The van der Waals surface area contributed by atoms with Crippen LogP contribution < -0.4 is 16.1 Å². The highest BCUT2D eigenvalue weighted by Gasteiger charge is 2.26. The van der Waals surface area contributed by atoms with Crippen molar-refractivity contribution in [3.05, 3.63) is 29.8 Å². The first-order valence-corrected chi connectivity index (χ1v) is 6.20. The SMILES string of the molecule is CC(C)C(NC(=O)c1ccc(O)cc1)C(=O)NC(=O)NO. The summed E-state index contributed by atoms with van der Waals surface area (Å²) in [6, 6.07) is 3.46. The van der Waals surface area contributed by atoms with Crippen molar-refractivity contribution in [2.75, 3.05) is 0 Å². The van der Waals surface area contributed by atoms with E-state index in [4.69, 9.17) is 10.3 Å². The molecule has 1 aromatic carbocycles. The van der Waals surface area contributed by atoms with Crippen LogP contribution in [-0.2, 0) is 4.79 Å². The number of carbonyl (C=O) groups is 3. The summed E-state index contributed by atoms with van der Waals surface area (Å²) in [5, 5.41) is 21.9. The number of aromatic hydroxyl groups is 1. The summed E-state index contributed by atoms with van der Waals surface area (Å²) >= 11 is 0. The fraction of sp³-hybridized carbons (Fsp3) is 0.308. The number of hydroxylamine groups is 1. The molecular weight excluding hydrogens is 278 g/mol. The van der Waals surface area contributed by atoms with Gasteiger partial charge in [-0.05, 0) is 30.2 Å². The molecule has 114 valence electrons. The number of urea groups is 1. The molecule has 0 aliphatic carbocycles. The van der Waals surface area contributed by atoms with Crippen LogP contribution in [0, 0.1) is 5.92 Å². The number of hydrogen-bond donors (Lipinski definition) is 5. The van der Waals surface area contributed by atoms with Crippen LogP contribution in [0.25, 0.3) is 0 Å². The second-order valence-electron chi connectivity index (χ2n) is 4.67. The highest BCUT2D eigenvalue weighted by Crippen LogP contribution is 2.10. The number of imide groups is 1. The number of amides is 4. The second kappa shape index (κ2) is 7.25. The average Bonchev–Trinajstić information content (AvgIpc) is 2.44. The molecule has 5 N–H and O–H groups in total. The van der Waals surface area contributed by atoms with Crippen molar-refractivity contribution in [1.82, 2.24) is 16.1 Å². The summed E-state index contributed by atoms with van der Waals surface area (Å²) in [4.78, 5) is 34.8. The molecule has 0 saturated carbocycles. The van der Waals surface area contributed by atoms with Gasteiger partial charge in [-0.15, -0.1) is 0 Å². The molecule has 1 atom stereocenters. The summed E-state index contributed by atoms with van der Waals surface area (Å²) in [6.07, 6.45) is 0. The lowest BCUT2D eigenvalue weighted by Crippen LogP contribution is -2.52.